The summed E-state index contributed by atoms with van der Waals surface area (Å²) in [5.74, 6) is 0.425. The van der Waals surface area contributed by atoms with E-state index >= 15 is 0 Å². The van der Waals surface area contributed by atoms with Crippen LogP contribution in [0.5, 0.6) is 5.75 Å². The zero-order valence-corrected chi connectivity index (χ0v) is 17.1. The summed E-state index contributed by atoms with van der Waals surface area (Å²) in [6.07, 6.45) is 1.85. The van der Waals surface area contributed by atoms with E-state index in [1.807, 2.05) is 46.3 Å². The average molecular weight is 439 g/mol. The number of hydrogen-bond acceptors (Lipinski definition) is 5. The molecule has 2 amide bonds. The average Bonchev–Trinajstić information content (AvgIpc) is 3.34. The molecular weight excluding hydrogens is 424 g/mol. The van der Waals surface area contributed by atoms with Crippen molar-refractivity contribution in [1.29, 1.82) is 0 Å². The summed E-state index contributed by atoms with van der Waals surface area (Å²) in [5.41, 5.74) is 2.04. The number of nitrogens with zero attached hydrogens (tertiary/aromatic N) is 3. The molecule has 0 fully saturated rings. The molecule has 0 saturated heterocycles. The Morgan fingerprint density at radius 1 is 1.23 bits per heavy atom. The molecule has 1 N–H and O–H groups in total. The number of carbonyl (C=O) groups excluding carboxylic acids is 2. The highest BCUT2D eigenvalue weighted by molar-refractivity contribution is 7.15. The summed E-state index contributed by atoms with van der Waals surface area (Å²) in [6, 6.07) is 14.6. The van der Waals surface area contributed by atoms with Crippen LogP contribution in [-0.2, 0) is 9.59 Å². The minimum absolute atomic E-state index is 0.126. The molecule has 0 saturated carbocycles. The number of carbonyl (C=O) groups is 2. The Bertz CT molecular complexity index is 1270. The van der Waals surface area contributed by atoms with Crippen molar-refractivity contribution in [3.8, 4) is 17.0 Å². The van der Waals surface area contributed by atoms with Crippen LogP contribution in [0.4, 0.5) is 11.5 Å². The fraction of sp³-hybridized carbons (Fsp3) is 0.0952. The van der Waals surface area contributed by atoms with Crippen molar-refractivity contribution in [2.75, 3.05) is 23.4 Å². The van der Waals surface area contributed by atoms with E-state index in [0.29, 0.717) is 28.0 Å². The van der Waals surface area contributed by atoms with Crippen LogP contribution < -0.4 is 15.0 Å². The van der Waals surface area contributed by atoms with Gasteiger partial charge in [-0.2, -0.15) is 0 Å². The molecule has 1 aliphatic heterocycles. The van der Waals surface area contributed by atoms with E-state index in [-0.39, 0.29) is 25.0 Å². The molecule has 0 atom stereocenters. The molecule has 0 unspecified atom stereocenters. The van der Waals surface area contributed by atoms with Gasteiger partial charge in [0.05, 0.1) is 5.69 Å². The van der Waals surface area contributed by atoms with Gasteiger partial charge in [0.15, 0.2) is 11.6 Å². The Hall–Kier alpha value is -3.36. The zero-order chi connectivity index (χ0) is 20.7. The van der Waals surface area contributed by atoms with Crippen molar-refractivity contribution in [1.82, 2.24) is 9.38 Å². The molecule has 3 heterocycles. The number of hydrogen-bond donors (Lipinski definition) is 1. The second-order valence-corrected chi connectivity index (χ2v) is 7.97. The molecule has 0 bridgehead atoms. The first kappa shape index (κ1) is 18.7. The Morgan fingerprint density at radius 3 is 2.90 bits per heavy atom. The van der Waals surface area contributed by atoms with Crippen LogP contribution >= 0.6 is 22.9 Å². The monoisotopic (exact) mass is 438 g/mol. The largest absolute Gasteiger partial charge is 0.482 e. The SMILES string of the molecule is O=C(CN1C(=O)COc2ccc(Cl)cc21)Nc1c(-c2ccccc2)nc2sccn12. The summed E-state index contributed by atoms with van der Waals surface area (Å²) in [5, 5.41) is 5.29. The Balaban J connectivity index is 1.46. The van der Waals surface area contributed by atoms with Crippen LogP contribution in [0.1, 0.15) is 0 Å². The third-order valence-corrected chi connectivity index (χ3v) is 5.72. The van der Waals surface area contributed by atoms with E-state index < -0.39 is 0 Å². The minimum Gasteiger partial charge on any atom is -0.482 e. The van der Waals surface area contributed by atoms with Gasteiger partial charge < -0.3 is 10.1 Å². The van der Waals surface area contributed by atoms with Crippen molar-refractivity contribution in [3.05, 3.63) is 65.1 Å². The second kappa shape index (κ2) is 7.47. The van der Waals surface area contributed by atoms with Gasteiger partial charge in [0, 0.05) is 22.2 Å². The summed E-state index contributed by atoms with van der Waals surface area (Å²) in [6.45, 7) is -0.292. The molecule has 30 heavy (non-hydrogen) atoms. The maximum absolute atomic E-state index is 13.0. The first-order valence-corrected chi connectivity index (χ1v) is 10.4. The second-order valence-electron chi connectivity index (χ2n) is 6.66. The molecule has 1 aliphatic rings. The predicted octanol–water partition coefficient (Wildman–Crippen LogP) is 4.08. The van der Waals surface area contributed by atoms with Crippen LogP contribution in [0.3, 0.4) is 0 Å². The van der Waals surface area contributed by atoms with Gasteiger partial charge in [-0.25, -0.2) is 4.98 Å². The topological polar surface area (TPSA) is 75.9 Å². The molecule has 0 aliphatic carbocycles. The molecule has 7 nitrogen and oxygen atoms in total. The predicted molar refractivity (Wildman–Crippen MR) is 116 cm³/mol. The Morgan fingerprint density at radius 2 is 2.07 bits per heavy atom. The van der Waals surface area contributed by atoms with Gasteiger partial charge in [-0.3, -0.25) is 18.9 Å². The first-order chi connectivity index (χ1) is 14.6. The van der Waals surface area contributed by atoms with Crippen LogP contribution in [0, 0.1) is 0 Å². The third-order valence-electron chi connectivity index (χ3n) is 4.73. The maximum Gasteiger partial charge on any atom is 0.265 e. The highest BCUT2D eigenvalue weighted by Gasteiger charge is 2.28. The van der Waals surface area contributed by atoms with E-state index in [2.05, 4.69) is 10.3 Å². The van der Waals surface area contributed by atoms with Crippen molar-refractivity contribution in [2.45, 2.75) is 0 Å². The lowest BCUT2D eigenvalue weighted by atomic mass is 10.1. The number of imidazole rings is 1. The Kier molecular flexibility index (Phi) is 4.65. The third kappa shape index (κ3) is 3.30. The van der Waals surface area contributed by atoms with Gasteiger partial charge in [-0.05, 0) is 18.2 Å². The molecule has 2 aromatic carbocycles. The quantitative estimate of drug-likeness (QED) is 0.521. The fourth-order valence-corrected chi connectivity index (χ4v) is 4.25. The zero-order valence-electron chi connectivity index (χ0n) is 15.5. The number of nitrogens with one attached hydrogen (secondary N) is 1. The molecule has 9 heteroatoms. The fourth-order valence-electron chi connectivity index (χ4n) is 3.37. The summed E-state index contributed by atoms with van der Waals surface area (Å²) >= 11 is 7.56. The van der Waals surface area contributed by atoms with Crippen molar-refractivity contribution >= 4 is 51.2 Å². The number of anilines is 2. The number of aromatic nitrogens is 2. The van der Waals surface area contributed by atoms with Crippen LogP contribution in [0.25, 0.3) is 16.2 Å². The standard InChI is InChI=1S/C21H15ClN4O3S/c22-14-6-7-16-15(10-14)26(18(28)12-29-16)11-17(27)23-20-19(13-4-2-1-3-5-13)24-21-25(20)8-9-30-21/h1-10H,11-12H2,(H,23,27). The number of thiazole rings is 1. The van der Waals surface area contributed by atoms with E-state index in [9.17, 15) is 9.59 Å². The lowest BCUT2D eigenvalue weighted by molar-refractivity contribution is -0.123. The molecule has 0 spiro atoms. The van der Waals surface area contributed by atoms with E-state index in [0.717, 1.165) is 10.5 Å². The molecule has 150 valence electrons. The summed E-state index contributed by atoms with van der Waals surface area (Å²) < 4.78 is 7.27. The molecule has 5 rings (SSSR count). The normalized spacial score (nSPS) is 13.2. The van der Waals surface area contributed by atoms with Crippen molar-refractivity contribution in [2.24, 2.45) is 0 Å². The van der Waals surface area contributed by atoms with Crippen molar-refractivity contribution in [3.63, 3.8) is 0 Å². The number of fused-ring (bicyclic) bond motifs is 2. The van der Waals surface area contributed by atoms with Gasteiger partial charge in [0.25, 0.3) is 5.91 Å². The highest BCUT2D eigenvalue weighted by Crippen LogP contribution is 2.35. The van der Waals surface area contributed by atoms with E-state index in [4.69, 9.17) is 16.3 Å². The molecular formula is C21H15ClN4O3S. The minimum atomic E-state index is -0.346. The number of ether oxygens (including phenoxy) is 1. The van der Waals surface area contributed by atoms with Gasteiger partial charge in [0.1, 0.15) is 23.8 Å². The van der Waals surface area contributed by atoms with E-state index in [1.165, 1.54) is 16.2 Å². The number of halogens is 1. The Labute approximate surface area is 180 Å². The smallest absolute Gasteiger partial charge is 0.265 e. The van der Waals surface area contributed by atoms with Crippen LogP contribution in [-0.4, -0.2) is 34.4 Å². The first-order valence-electron chi connectivity index (χ1n) is 9.14. The molecule has 4 aromatic rings. The number of amides is 2. The van der Waals surface area contributed by atoms with E-state index in [1.54, 1.807) is 18.2 Å². The highest BCUT2D eigenvalue weighted by atomic mass is 35.5. The molecule has 0 radical (unpaired) electrons. The number of rotatable bonds is 4. The summed E-state index contributed by atoms with van der Waals surface area (Å²) in [4.78, 5) is 32.2. The summed E-state index contributed by atoms with van der Waals surface area (Å²) in [7, 11) is 0. The number of benzene rings is 2. The van der Waals surface area contributed by atoms with Gasteiger partial charge in [0.2, 0.25) is 5.91 Å². The van der Waals surface area contributed by atoms with Crippen molar-refractivity contribution < 1.29 is 14.3 Å². The maximum atomic E-state index is 13.0. The lowest BCUT2D eigenvalue weighted by Gasteiger charge is -2.29. The van der Waals surface area contributed by atoms with Gasteiger partial charge in [-0.1, -0.05) is 41.9 Å². The molecule has 2 aromatic heterocycles. The lowest BCUT2D eigenvalue weighted by Crippen LogP contribution is -2.43. The van der Waals surface area contributed by atoms with Crippen LogP contribution in [0.2, 0.25) is 5.02 Å². The van der Waals surface area contributed by atoms with Crippen LogP contribution in [0.15, 0.2) is 60.1 Å². The van der Waals surface area contributed by atoms with Gasteiger partial charge >= 0.3 is 0 Å². The van der Waals surface area contributed by atoms with Gasteiger partial charge in [-0.15, -0.1) is 11.3 Å².